The molecule has 2 aromatic heterocycles. The van der Waals surface area contributed by atoms with Crippen molar-refractivity contribution in [2.45, 2.75) is 31.7 Å². The average Bonchev–Trinajstić information content (AvgIpc) is 3.03. The van der Waals surface area contributed by atoms with Gasteiger partial charge in [0.2, 0.25) is 0 Å². The van der Waals surface area contributed by atoms with Crippen molar-refractivity contribution >= 4 is 33.3 Å². The van der Waals surface area contributed by atoms with Gasteiger partial charge in [-0.2, -0.15) is 13.2 Å². The summed E-state index contributed by atoms with van der Waals surface area (Å²) in [6.45, 7) is 1.43. The Balaban J connectivity index is 1.54. The van der Waals surface area contributed by atoms with Gasteiger partial charge in [0.15, 0.2) is 6.23 Å². The van der Waals surface area contributed by atoms with Gasteiger partial charge in [-0.1, -0.05) is 0 Å². The number of thiophene rings is 1. The molecule has 1 saturated heterocycles. The Morgan fingerprint density at radius 1 is 1.40 bits per heavy atom. The normalized spacial score (nSPS) is 17.7. The van der Waals surface area contributed by atoms with Crippen molar-refractivity contribution in [2.75, 3.05) is 18.0 Å². The van der Waals surface area contributed by atoms with Crippen LogP contribution in [0.3, 0.4) is 0 Å². The lowest BCUT2D eigenvalue weighted by atomic mass is 9.93. The largest absolute Gasteiger partial charge is 0.490 e. The highest BCUT2D eigenvalue weighted by atomic mass is 32.1. The summed E-state index contributed by atoms with van der Waals surface area (Å²) < 4.78 is 41.8. The molecule has 0 spiro atoms. The molecule has 1 aliphatic rings. The van der Waals surface area contributed by atoms with Crippen molar-refractivity contribution in [1.29, 1.82) is 0 Å². The molecule has 6 nitrogen and oxygen atoms in total. The summed E-state index contributed by atoms with van der Waals surface area (Å²) in [5, 5.41) is 1.96. The van der Waals surface area contributed by atoms with Crippen molar-refractivity contribution in [1.82, 2.24) is 9.97 Å². The number of carbonyl (C=O) groups is 1. The number of piperidine rings is 1. The number of nitrogens with zero attached hydrogens (tertiary/aromatic N) is 3. The molecular formula is C15H17F3N4O2S. The molecule has 0 bridgehead atoms. The lowest BCUT2D eigenvalue weighted by Gasteiger charge is -2.33. The third kappa shape index (κ3) is 4.18. The van der Waals surface area contributed by atoms with E-state index in [1.54, 1.807) is 11.3 Å². The Morgan fingerprint density at radius 2 is 2.12 bits per heavy atom. The molecule has 3 heterocycles. The molecule has 1 aliphatic heterocycles. The molecule has 0 radical (unpaired) electrons. The minimum absolute atomic E-state index is 0.105. The van der Waals surface area contributed by atoms with E-state index in [1.807, 2.05) is 11.4 Å². The molecule has 3 rings (SSSR count). The Bertz CT molecular complexity index is 744. The lowest BCUT2D eigenvalue weighted by Crippen LogP contribution is -2.39. The lowest BCUT2D eigenvalue weighted by molar-refractivity contribution is -0.205. The minimum Gasteiger partial charge on any atom is -0.440 e. The van der Waals surface area contributed by atoms with E-state index in [2.05, 4.69) is 19.6 Å². The summed E-state index contributed by atoms with van der Waals surface area (Å²) in [4.78, 5) is 21.5. The predicted octanol–water partition coefficient (Wildman–Crippen LogP) is 2.69. The highest BCUT2D eigenvalue weighted by Crippen LogP contribution is 2.31. The number of esters is 1. The van der Waals surface area contributed by atoms with Gasteiger partial charge in [0.25, 0.3) is 0 Å². The van der Waals surface area contributed by atoms with Gasteiger partial charge in [0.05, 0.1) is 10.2 Å². The summed E-state index contributed by atoms with van der Waals surface area (Å²) >= 11 is 1.58. The maximum Gasteiger partial charge on any atom is 0.490 e. The van der Waals surface area contributed by atoms with Crippen LogP contribution in [-0.4, -0.2) is 41.4 Å². The Morgan fingerprint density at radius 3 is 2.80 bits per heavy atom. The minimum atomic E-state index is -5.01. The molecule has 0 aromatic carbocycles. The molecule has 0 amide bonds. The number of ether oxygens (including phenoxy) is 1. The number of halogens is 3. The zero-order chi connectivity index (χ0) is 18.0. The van der Waals surface area contributed by atoms with Gasteiger partial charge in [0, 0.05) is 19.5 Å². The fourth-order valence-electron chi connectivity index (χ4n) is 2.96. The molecule has 0 saturated carbocycles. The van der Waals surface area contributed by atoms with E-state index in [1.165, 1.54) is 6.33 Å². The van der Waals surface area contributed by atoms with Crippen LogP contribution in [-0.2, 0) is 9.53 Å². The quantitative estimate of drug-likeness (QED) is 0.655. The number of fused-ring (bicyclic) bond motifs is 1. The summed E-state index contributed by atoms with van der Waals surface area (Å²) in [5.41, 5.74) is 6.43. The first-order chi connectivity index (χ1) is 11.8. The van der Waals surface area contributed by atoms with Crippen molar-refractivity contribution in [3.8, 4) is 0 Å². The van der Waals surface area contributed by atoms with E-state index >= 15 is 0 Å². The summed E-state index contributed by atoms with van der Waals surface area (Å²) in [6.07, 6.45) is -3.02. The average molecular weight is 374 g/mol. The summed E-state index contributed by atoms with van der Waals surface area (Å²) in [5.74, 6) is -1.25. The highest BCUT2D eigenvalue weighted by molar-refractivity contribution is 7.17. The van der Waals surface area contributed by atoms with Gasteiger partial charge in [-0.25, -0.2) is 14.8 Å². The van der Waals surface area contributed by atoms with Crippen LogP contribution in [0.2, 0.25) is 0 Å². The first-order valence-corrected chi connectivity index (χ1v) is 8.69. The number of rotatable bonds is 4. The second-order valence-electron chi connectivity index (χ2n) is 5.94. The van der Waals surface area contributed by atoms with E-state index in [-0.39, 0.29) is 12.3 Å². The van der Waals surface area contributed by atoms with Crippen molar-refractivity contribution in [3.63, 3.8) is 0 Å². The first-order valence-electron chi connectivity index (χ1n) is 7.81. The molecule has 2 N–H and O–H groups in total. The van der Waals surface area contributed by atoms with E-state index in [0.29, 0.717) is 13.1 Å². The van der Waals surface area contributed by atoms with Crippen LogP contribution in [0.5, 0.6) is 0 Å². The van der Waals surface area contributed by atoms with E-state index < -0.39 is 18.4 Å². The van der Waals surface area contributed by atoms with Crippen LogP contribution in [0.25, 0.3) is 10.2 Å². The Labute approximate surface area is 145 Å². The van der Waals surface area contributed by atoms with E-state index in [4.69, 9.17) is 5.73 Å². The number of hydrogen-bond donors (Lipinski definition) is 1. The maximum absolute atomic E-state index is 12.2. The standard InChI is InChI=1S/C15H17F3N4O2S/c16-15(17,18)14(23)24-11(19)7-9-1-4-22(5-2-9)13-12-10(3-6-25-12)20-8-21-13/h3,6,8-9,11H,1-2,4-5,7,19H2. The Hall–Kier alpha value is -1.94. The third-order valence-corrected chi connectivity index (χ3v) is 5.09. The first kappa shape index (κ1) is 17.9. The zero-order valence-corrected chi connectivity index (χ0v) is 14.0. The number of nitrogens with two attached hydrogens (primary N) is 1. The van der Waals surface area contributed by atoms with Crippen LogP contribution < -0.4 is 10.6 Å². The van der Waals surface area contributed by atoms with Crippen molar-refractivity contribution in [2.24, 2.45) is 11.7 Å². The van der Waals surface area contributed by atoms with Crippen molar-refractivity contribution in [3.05, 3.63) is 17.8 Å². The predicted molar refractivity (Wildman–Crippen MR) is 87.1 cm³/mol. The van der Waals surface area contributed by atoms with Gasteiger partial charge >= 0.3 is 12.1 Å². The van der Waals surface area contributed by atoms with Gasteiger partial charge in [0.1, 0.15) is 12.1 Å². The van der Waals surface area contributed by atoms with Crippen LogP contribution in [0.1, 0.15) is 19.3 Å². The number of aromatic nitrogens is 2. The van der Waals surface area contributed by atoms with Gasteiger partial charge in [-0.3, -0.25) is 5.73 Å². The monoisotopic (exact) mass is 374 g/mol. The third-order valence-electron chi connectivity index (χ3n) is 4.19. The zero-order valence-electron chi connectivity index (χ0n) is 13.2. The van der Waals surface area contributed by atoms with E-state index in [9.17, 15) is 18.0 Å². The molecule has 1 unspecified atom stereocenters. The van der Waals surface area contributed by atoms with Gasteiger partial charge in [-0.15, -0.1) is 11.3 Å². The maximum atomic E-state index is 12.2. The molecular weight excluding hydrogens is 357 g/mol. The molecule has 136 valence electrons. The fourth-order valence-corrected chi connectivity index (χ4v) is 3.82. The van der Waals surface area contributed by atoms with Gasteiger partial charge in [-0.05, 0) is 30.2 Å². The molecule has 1 fully saturated rings. The van der Waals surface area contributed by atoms with Crippen LogP contribution >= 0.6 is 11.3 Å². The number of alkyl halides is 3. The van der Waals surface area contributed by atoms with Crippen molar-refractivity contribution < 1.29 is 22.7 Å². The molecule has 0 aliphatic carbocycles. The topological polar surface area (TPSA) is 81.3 Å². The van der Waals surface area contributed by atoms with Gasteiger partial charge < -0.3 is 9.64 Å². The second kappa shape index (κ2) is 7.12. The second-order valence-corrected chi connectivity index (χ2v) is 6.86. The SMILES string of the molecule is NC(CC1CCN(c2ncnc3ccsc23)CC1)OC(=O)C(F)(F)F. The smallest absolute Gasteiger partial charge is 0.440 e. The highest BCUT2D eigenvalue weighted by Gasteiger charge is 2.42. The number of hydrogen-bond acceptors (Lipinski definition) is 7. The number of carbonyl (C=O) groups excluding carboxylic acids is 1. The molecule has 25 heavy (non-hydrogen) atoms. The summed E-state index contributed by atoms with van der Waals surface area (Å²) in [7, 11) is 0. The summed E-state index contributed by atoms with van der Waals surface area (Å²) in [6, 6.07) is 1.94. The molecule has 10 heteroatoms. The van der Waals surface area contributed by atoms with Crippen LogP contribution in [0.15, 0.2) is 17.8 Å². The van der Waals surface area contributed by atoms with E-state index in [0.717, 1.165) is 28.9 Å². The van der Waals surface area contributed by atoms with Crippen LogP contribution in [0.4, 0.5) is 19.0 Å². The Kier molecular flexibility index (Phi) is 5.09. The number of anilines is 1. The fraction of sp³-hybridized carbons (Fsp3) is 0.533. The molecule has 2 aromatic rings. The molecule has 1 atom stereocenters. The van der Waals surface area contributed by atoms with Crippen LogP contribution in [0, 0.1) is 5.92 Å².